The van der Waals surface area contributed by atoms with Crippen LogP contribution >= 0.6 is 11.6 Å². The second-order valence-corrected chi connectivity index (χ2v) is 7.32. The lowest BCUT2D eigenvalue weighted by molar-refractivity contribution is -0.655. The first kappa shape index (κ1) is 22.3. The van der Waals surface area contributed by atoms with Gasteiger partial charge in [-0.3, -0.25) is 0 Å². The maximum Gasteiger partial charge on any atom is 0.342 e. The molecule has 156 valence electrons. The average molecular weight is 421 g/mol. The van der Waals surface area contributed by atoms with Gasteiger partial charge in [0.15, 0.2) is 17.6 Å². The summed E-state index contributed by atoms with van der Waals surface area (Å²) in [5.41, 5.74) is 14.4. The van der Waals surface area contributed by atoms with Gasteiger partial charge >= 0.3 is 5.97 Å². The normalized spacial score (nSPS) is 12.6. The lowest BCUT2D eigenvalue weighted by Crippen LogP contribution is -2.34. The number of hydrogen-bond acceptors (Lipinski definition) is 5. The third-order valence-electron chi connectivity index (χ3n) is 4.57. The minimum atomic E-state index is -0.589. The molecular formula is C20H27ClN5O3+. The predicted molar refractivity (Wildman–Crippen MR) is 113 cm³/mol. The van der Waals surface area contributed by atoms with Crippen LogP contribution < -0.4 is 20.8 Å². The first-order valence-electron chi connectivity index (χ1n) is 8.90. The average Bonchev–Trinajstić information content (AvgIpc) is 2.89. The van der Waals surface area contributed by atoms with Gasteiger partial charge in [0.05, 0.1) is 26.2 Å². The van der Waals surface area contributed by atoms with E-state index < -0.39 is 5.97 Å². The van der Waals surface area contributed by atoms with Gasteiger partial charge in [0.1, 0.15) is 23.0 Å². The molecule has 8 nitrogen and oxygen atoms in total. The number of nitrogens with two attached hydrogens (primary N) is 2. The van der Waals surface area contributed by atoms with Gasteiger partial charge in [-0.25, -0.2) is 18.9 Å². The molecule has 0 fully saturated rings. The zero-order valence-electron chi connectivity index (χ0n) is 17.5. The zero-order chi connectivity index (χ0) is 21.9. The van der Waals surface area contributed by atoms with Crippen molar-refractivity contribution in [2.24, 2.45) is 30.6 Å². The van der Waals surface area contributed by atoms with Crippen molar-refractivity contribution < 1.29 is 18.8 Å². The zero-order valence-corrected chi connectivity index (χ0v) is 18.3. The number of imidazole rings is 1. The number of esters is 1. The summed E-state index contributed by atoms with van der Waals surface area (Å²) in [6, 6.07) is 5.76. The minimum absolute atomic E-state index is 0.0429. The molecule has 2 aromatic rings. The Bertz CT molecular complexity index is 1040. The number of amidine groups is 1. The number of rotatable bonds is 6. The number of aryl methyl sites for hydroxylation is 2. The van der Waals surface area contributed by atoms with Crippen molar-refractivity contribution >= 4 is 34.4 Å². The molecule has 0 aliphatic carbocycles. The fourth-order valence-corrected chi connectivity index (χ4v) is 2.95. The van der Waals surface area contributed by atoms with Crippen molar-refractivity contribution in [2.45, 2.75) is 27.4 Å². The van der Waals surface area contributed by atoms with Crippen molar-refractivity contribution in [3.05, 3.63) is 46.0 Å². The summed E-state index contributed by atoms with van der Waals surface area (Å²) < 4.78 is 14.7. The standard InChI is InChI=1S/C20H27ClN5O3/c1-11(2)17(19(23)24-18(22)12(3)21)20(27)29-10-16-25(4)14-8-7-13(28-6)9-15(14)26(16)5/h7-9H,10,22H2,1-6H3,(H2,23,24)/q+1/b18-12+. The van der Waals surface area contributed by atoms with Crippen LogP contribution in [-0.4, -0.2) is 23.5 Å². The fraction of sp³-hybridized carbons (Fsp3) is 0.350. The van der Waals surface area contributed by atoms with Gasteiger partial charge in [-0.15, -0.1) is 0 Å². The number of carbonyl (C=O) groups excluding carboxylic acids is 1. The number of benzene rings is 1. The second-order valence-electron chi connectivity index (χ2n) is 6.76. The van der Waals surface area contributed by atoms with E-state index in [1.165, 1.54) is 0 Å². The fourth-order valence-electron chi connectivity index (χ4n) is 2.91. The van der Waals surface area contributed by atoms with E-state index >= 15 is 0 Å². The van der Waals surface area contributed by atoms with Gasteiger partial charge in [-0.1, -0.05) is 17.2 Å². The van der Waals surface area contributed by atoms with Crippen LogP contribution in [0.5, 0.6) is 5.75 Å². The Morgan fingerprint density at radius 3 is 2.48 bits per heavy atom. The van der Waals surface area contributed by atoms with Crippen LogP contribution in [0.4, 0.5) is 0 Å². The van der Waals surface area contributed by atoms with E-state index in [2.05, 4.69) is 4.99 Å². The van der Waals surface area contributed by atoms with Crippen LogP contribution in [0.2, 0.25) is 0 Å². The molecule has 0 aliphatic heterocycles. The summed E-state index contributed by atoms with van der Waals surface area (Å²) in [5, 5.41) is 0.285. The summed E-state index contributed by atoms with van der Waals surface area (Å²) in [6.07, 6.45) is 0. The Morgan fingerprint density at radius 2 is 1.93 bits per heavy atom. The number of carbonyl (C=O) groups is 1. The van der Waals surface area contributed by atoms with Gasteiger partial charge < -0.3 is 20.9 Å². The second kappa shape index (κ2) is 9.00. The molecule has 1 aromatic carbocycles. The number of halogens is 1. The number of aromatic nitrogens is 2. The highest BCUT2D eigenvalue weighted by Gasteiger charge is 2.24. The molecule has 0 spiro atoms. The molecule has 9 heteroatoms. The molecule has 0 saturated carbocycles. The van der Waals surface area contributed by atoms with Crippen molar-refractivity contribution in [2.75, 3.05) is 7.11 Å². The summed E-state index contributed by atoms with van der Waals surface area (Å²) >= 11 is 5.82. The molecule has 1 heterocycles. The molecule has 0 bridgehead atoms. The number of allylic oxidation sites excluding steroid dienone is 2. The van der Waals surface area contributed by atoms with Crippen LogP contribution in [0.25, 0.3) is 11.0 Å². The van der Waals surface area contributed by atoms with E-state index in [0.717, 1.165) is 22.6 Å². The molecule has 0 unspecified atom stereocenters. The van der Waals surface area contributed by atoms with E-state index in [-0.39, 0.29) is 28.9 Å². The molecule has 2 rings (SSSR count). The third kappa shape index (κ3) is 4.71. The van der Waals surface area contributed by atoms with Crippen LogP contribution in [-0.2, 0) is 30.2 Å². The number of fused-ring (bicyclic) bond motifs is 1. The lowest BCUT2D eigenvalue weighted by Gasteiger charge is -2.09. The lowest BCUT2D eigenvalue weighted by atomic mass is 10.1. The number of nitrogens with zero attached hydrogens (tertiary/aromatic N) is 3. The molecule has 4 N–H and O–H groups in total. The van der Waals surface area contributed by atoms with E-state index in [1.54, 1.807) is 27.9 Å². The Balaban J connectivity index is 2.32. The third-order valence-corrected chi connectivity index (χ3v) is 4.76. The first-order valence-corrected chi connectivity index (χ1v) is 9.28. The number of aliphatic imine (C=N–C) groups is 1. The summed E-state index contributed by atoms with van der Waals surface area (Å²) in [4.78, 5) is 16.7. The number of hydrogen-bond donors (Lipinski definition) is 2. The van der Waals surface area contributed by atoms with Crippen molar-refractivity contribution in [1.29, 1.82) is 0 Å². The summed E-state index contributed by atoms with van der Waals surface area (Å²) in [7, 11) is 5.43. The molecule has 0 aliphatic rings. The van der Waals surface area contributed by atoms with Crippen molar-refractivity contribution in [3.8, 4) is 5.75 Å². The smallest absolute Gasteiger partial charge is 0.342 e. The van der Waals surface area contributed by atoms with Crippen molar-refractivity contribution in [3.63, 3.8) is 0 Å². The van der Waals surface area contributed by atoms with Crippen LogP contribution in [0.1, 0.15) is 26.6 Å². The van der Waals surface area contributed by atoms with E-state index in [0.29, 0.717) is 5.57 Å². The van der Waals surface area contributed by atoms with Gasteiger partial charge in [-0.05, 0) is 32.9 Å². The highest BCUT2D eigenvalue weighted by Crippen LogP contribution is 2.20. The van der Waals surface area contributed by atoms with E-state index in [4.69, 9.17) is 32.5 Å². The molecule has 0 atom stereocenters. The minimum Gasteiger partial charge on any atom is -0.497 e. The summed E-state index contributed by atoms with van der Waals surface area (Å²) in [5.74, 6) is 0.956. The Hall–Kier alpha value is -3.00. The number of methoxy groups -OCH3 is 1. The molecular weight excluding hydrogens is 394 g/mol. The molecule has 0 saturated heterocycles. The summed E-state index contributed by atoms with van der Waals surface area (Å²) in [6.45, 7) is 5.13. The highest BCUT2D eigenvalue weighted by atomic mass is 35.5. The first-order chi connectivity index (χ1) is 13.6. The van der Waals surface area contributed by atoms with Crippen molar-refractivity contribution in [1.82, 2.24) is 4.57 Å². The Morgan fingerprint density at radius 1 is 1.28 bits per heavy atom. The largest absolute Gasteiger partial charge is 0.497 e. The van der Waals surface area contributed by atoms with Crippen LogP contribution in [0, 0.1) is 0 Å². The van der Waals surface area contributed by atoms with Gasteiger partial charge in [0.2, 0.25) is 0 Å². The SMILES string of the molecule is COc1ccc2c(c1)n(C)c(COC(=O)C(=C(C)C)/C(N)=N\C(N)=C(/C)Cl)[n+]2C. The van der Waals surface area contributed by atoms with Gasteiger partial charge in [-0.2, -0.15) is 0 Å². The van der Waals surface area contributed by atoms with Crippen LogP contribution in [0.15, 0.2) is 45.2 Å². The highest BCUT2D eigenvalue weighted by molar-refractivity contribution is 6.29. The Labute approximate surface area is 175 Å². The van der Waals surface area contributed by atoms with E-state index in [1.807, 2.05) is 41.4 Å². The Kier molecular flexibility index (Phi) is 6.92. The van der Waals surface area contributed by atoms with Gasteiger partial charge in [0.25, 0.3) is 5.82 Å². The topological polar surface area (TPSA) is 109 Å². The molecule has 0 amide bonds. The maximum atomic E-state index is 12.7. The molecule has 1 aromatic heterocycles. The number of ether oxygens (including phenoxy) is 2. The monoisotopic (exact) mass is 420 g/mol. The van der Waals surface area contributed by atoms with Crippen LogP contribution in [0.3, 0.4) is 0 Å². The maximum absolute atomic E-state index is 12.7. The molecule has 29 heavy (non-hydrogen) atoms. The van der Waals surface area contributed by atoms with Gasteiger partial charge in [0, 0.05) is 6.07 Å². The predicted octanol–water partition coefficient (Wildman–Crippen LogP) is 2.13. The molecule has 0 radical (unpaired) electrons. The quantitative estimate of drug-likeness (QED) is 0.244. The van der Waals surface area contributed by atoms with E-state index in [9.17, 15) is 4.79 Å².